The average Bonchev–Trinajstić information content (AvgIpc) is 0.895. The van der Waals surface area contributed by atoms with Crippen LogP contribution < -0.4 is 43.4 Å². The Morgan fingerprint density at radius 1 is 0.368 bits per heavy atom. The maximum atomic E-state index is 15.0. The molecule has 0 aliphatic carbocycles. The first-order valence-corrected chi connectivity index (χ1v) is 34.1. The molecule has 0 aliphatic heterocycles. The van der Waals surface area contributed by atoms with E-state index >= 15 is 0 Å². The van der Waals surface area contributed by atoms with E-state index in [0.717, 1.165) is 19.3 Å². The van der Waals surface area contributed by atoms with E-state index in [4.69, 9.17) is 35.2 Å². The quantitative estimate of drug-likeness (QED) is 0.0162. The summed E-state index contributed by atoms with van der Waals surface area (Å²) in [4.78, 5) is 178. The fourth-order valence-corrected chi connectivity index (χ4v) is 9.80. The molecular formula is C69H122N8O18. The number of nitrogens with two attached hydrogens (primary N) is 2. The van der Waals surface area contributed by atoms with E-state index in [0.29, 0.717) is 38.5 Å². The van der Waals surface area contributed by atoms with Gasteiger partial charge in [-0.2, -0.15) is 0 Å². The number of alkyl carbamates (subject to hydrolysis) is 2. The number of rotatable bonds is 44. The van der Waals surface area contributed by atoms with Gasteiger partial charge < -0.3 is 67.1 Å². The predicted octanol–water partition coefficient (Wildman–Crippen LogP) is 8.26. The molecule has 0 spiro atoms. The predicted molar refractivity (Wildman–Crippen MR) is 360 cm³/mol. The van der Waals surface area contributed by atoms with Gasteiger partial charge in [-0.1, -0.05) is 79.1 Å². The number of hydrogen-bond acceptors (Lipinski definition) is 19. The lowest BCUT2D eigenvalue weighted by atomic mass is 9.86. The highest BCUT2D eigenvalue weighted by molar-refractivity contribution is 5.99. The van der Waals surface area contributed by atoms with Crippen molar-refractivity contribution in [3.63, 3.8) is 0 Å². The van der Waals surface area contributed by atoms with Crippen molar-refractivity contribution in [1.29, 1.82) is 0 Å². The van der Waals surface area contributed by atoms with Crippen LogP contribution >= 0.6 is 0 Å². The molecule has 7 amide bonds. The van der Waals surface area contributed by atoms with Crippen LogP contribution in [0.15, 0.2) is 0 Å². The van der Waals surface area contributed by atoms with E-state index in [1.54, 1.807) is 118 Å². The lowest BCUT2D eigenvalue weighted by molar-refractivity contribution is -0.157. The second-order valence-corrected chi connectivity index (χ2v) is 30.1. The Kier molecular flexibility index (Phi) is 39.7. The number of carbonyl (C=O) groups is 13. The van der Waals surface area contributed by atoms with Crippen molar-refractivity contribution >= 4 is 77.0 Å². The molecule has 0 heterocycles. The molecule has 0 saturated carbocycles. The lowest BCUT2D eigenvalue weighted by Gasteiger charge is -2.28. The van der Waals surface area contributed by atoms with Crippen molar-refractivity contribution in [3.05, 3.63) is 0 Å². The maximum absolute atomic E-state index is 15.0. The van der Waals surface area contributed by atoms with E-state index in [1.165, 1.54) is 0 Å². The third-order valence-electron chi connectivity index (χ3n) is 14.5. The minimum atomic E-state index is -1.65. The smallest absolute Gasteiger partial charge is 0.407 e. The summed E-state index contributed by atoms with van der Waals surface area (Å²) < 4.78 is 27.1. The Labute approximate surface area is 565 Å². The summed E-state index contributed by atoms with van der Waals surface area (Å²) in [5.41, 5.74) is 7.51. The SMILES string of the molecule is CCCCC[C@H](NC(=O)[C@H](CCCCNC(=O)OC(C)(C)C)CC(=O)[C@H](CCCCC)NC(=O)[C@H](CCCCNC(=O)OC(C)(C)C)CC(=O)[C@H](CC(=O)OC(C)(C)C)NC(=O)[C@@H](CC(=O)[C@H](CCC(=O)OC(C)(C)C)NC(=O)[C@@H](N)CC(=O)OC(C)(C)C)C(C)C)C(N)=O. The molecule has 0 unspecified atom stereocenters. The summed E-state index contributed by atoms with van der Waals surface area (Å²) >= 11 is 0. The fraction of sp³-hybridized carbons (Fsp3) is 0.812. The third-order valence-corrected chi connectivity index (χ3v) is 14.5. The zero-order valence-corrected chi connectivity index (χ0v) is 61.0. The first-order chi connectivity index (χ1) is 43.7. The van der Waals surface area contributed by atoms with Gasteiger partial charge in [0.1, 0.15) is 34.0 Å². The number of esters is 3. The van der Waals surface area contributed by atoms with Gasteiger partial charge in [0, 0.05) is 56.5 Å². The summed E-state index contributed by atoms with van der Waals surface area (Å²) in [5, 5.41) is 16.2. The van der Waals surface area contributed by atoms with Crippen LogP contribution in [0.2, 0.25) is 0 Å². The highest BCUT2D eigenvalue weighted by Crippen LogP contribution is 2.25. The largest absolute Gasteiger partial charge is 0.460 e. The molecule has 0 fully saturated rings. The summed E-state index contributed by atoms with van der Waals surface area (Å²) in [6.07, 6.45) is 1.21. The zero-order valence-electron chi connectivity index (χ0n) is 61.0. The van der Waals surface area contributed by atoms with Gasteiger partial charge in [-0.05, 0) is 155 Å². The van der Waals surface area contributed by atoms with Gasteiger partial charge in [-0.3, -0.25) is 52.7 Å². The summed E-state index contributed by atoms with van der Waals surface area (Å²) in [7, 11) is 0. The van der Waals surface area contributed by atoms with Crippen LogP contribution in [-0.2, 0) is 76.4 Å². The maximum Gasteiger partial charge on any atom is 0.407 e. The van der Waals surface area contributed by atoms with Crippen molar-refractivity contribution in [3.8, 4) is 0 Å². The van der Waals surface area contributed by atoms with E-state index in [2.05, 4.69) is 31.9 Å². The zero-order chi connectivity index (χ0) is 73.2. The van der Waals surface area contributed by atoms with Crippen LogP contribution in [0, 0.1) is 23.7 Å². The van der Waals surface area contributed by atoms with Crippen LogP contribution in [-0.4, -0.2) is 148 Å². The Morgan fingerprint density at radius 2 is 0.716 bits per heavy atom. The molecule has 26 heteroatoms. The average molecular weight is 1350 g/mol. The minimum Gasteiger partial charge on any atom is -0.460 e. The number of carbonyl (C=O) groups excluding carboxylic acids is 13. The number of hydrogen-bond donors (Lipinski definition) is 8. The van der Waals surface area contributed by atoms with Gasteiger partial charge in [0.2, 0.25) is 29.5 Å². The summed E-state index contributed by atoms with van der Waals surface area (Å²) in [6, 6.07) is -6.75. The number of unbranched alkanes of at least 4 members (excludes halogenated alkanes) is 6. The monoisotopic (exact) mass is 1350 g/mol. The molecule has 0 aromatic rings. The first-order valence-electron chi connectivity index (χ1n) is 34.1. The van der Waals surface area contributed by atoms with E-state index in [9.17, 15) is 62.3 Å². The minimum absolute atomic E-state index is 0.00754. The molecule has 0 saturated heterocycles. The van der Waals surface area contributed by atoms with Gasteiger partial charge in [-0.25, -0.2) is 9.59 Å². The van der Waals surface area contributed by atoms with Crippen LogP contribution in [0.1, 0.15) is 266 Å². The second-order valence-electron chi connectivity index (χ2n) is 30.1. The van der Waals surface area contributed by atoms with Crippen LogP contribution in [0.3, 0.4) is 0 Å². The molecule has 546 valence electrons. The Morgan fingerprint density at radius 3 is 1.13 bits per heavy atom. The molecule has 8 atom stereocenters. The summed E-state index contributed by atoms with van der Waals surface area (Å²) in [5.74, 6) is -12.3. The highest BCUT2D eigenvalue weighted by atomic mass is 16.6. The molecule has 0 rings (SSSR count). The van der Waals surface area contributed by atoms with Crippen LogP contribution in [0.25, 0.3) is 0 Å². The summed E-state index contributed by atoms with van der Waals surface area (Å²) in [6.45, 7) is 32.5. The lowest BCUT2D eigenvalue weighted by Crippen LogP contribution is -2.51. The number of nitrogens with one attached hydrogen (secondary N) is 6. The number of ketones is 3. The topological polar surface area (TPSA) is 392 Å². The van der Waals surface area contributed by atoms with Crippen molar-refractivity contribution in [2.24, 2.45) is 35.1 Å². The number of ether oxygens (including phenoxy) is 5. The van der Waals surface area contributed by atoms with Crippen LogP contribution in [0.5, 0.6) is 0 Å². The van der Waals surface area contributed by atoms with Crippen molar-refractivity contribution in [2.45, 2.75) is 325 Å². The number of Topliss-reactive ketones (excluding diaryl/α,β-unsaturated/α-hetero) is 3. The number of primary amides is 1. The Balaban J connectivity index is 7.57. The van der Waals surface area contributed by atoms with E-state index in [1.807, 2.05) is 13.8 Å². The fourth-order valence-electron chi connectivity index (χ4n) is 9.80. The molecule has 95 heavy (non-hydrogen) atoms. The molecule has 0 aromatic carbocycles. The molecule has 26 nitrogen and oxygen atoms in total. The molecule has 0 bridgehead atoms. The first kappa shape index (κ1) is 88.3. The molecule has 10 N–H and O–H groups in total. The van der Waals surface area contributed by atoms with Gasteiger partial charge in [0.15, 0.2) is 17.3 Å². The van der Waals surface area contributed by atoms with Gasteiger partial charge in [0.05, 0.1) is 37.0 Å². The van der Waals surface area contributed by atoms with Crippen LogP contribution in [0.4, 0.5) is 9.59 Å². The van der Waals surface area contributed by atoms with E-state index < -0.39 is 185 Å². The molecule has 0 radical (unpaired) electrons. The van der Waals surface area contributed by atoms with Crippen molar-refractivity contribution in [2.75, 3.05) is 13.1 Å². The highest BCUT2D eigenvalue weighted by Gasteiger charge is 2.38. The standard InChI is InChI=1S/C69H122N8O18/c1-20-22-24-32-48(52(78)38-44(30-26-28-36-72-63(89)94-68(14,15)16)60(86)76-50(58(71)84)33-25-23-21-2)74-59(85)45(31-27-29-37-73-64(90)95-69(17,18)19)39-53(79)51(42-57(83)93-67(11,12)13)77-61(87)46(43(3)4)40-54(80)49(34-35-55(81)91-65(5,6)7)75-62(88)47(70)41-56(82)92-66(8,9)10/h43-51H,20-42,70H2,1-19H3,(H2,71,84)(H,72,89)(H,73,90)(H,74,85)(H,75,88)(H,76,86)(H,77,87)/t44-,45-,46+,47+,48+,49+,50+,51+/m1/s1. The number of amides is 7. The Bertz CT molecular complexity index is 2500. The van der Waals surface area contributed by atoms with Gasteiger partial charge >= 0.3 is 30.1 Å². The molecule has 0 aromatic heterocycles. The van der Waals surface area contributed by atoms with Crippen molar-refractivity contribution < 1.29 is 86.0 Å². The van der Waals surface area contributed by atoms with Gasteiger partial charge in [0.25, 0.3) is 0 Å². The van der Waals surface area contributed by atoms with Gasteiger partial charge in [-0.15, -0.1) is 0 Å². The Hall–Kier alpha value is -6.73. The second kappa shape index (κ2) is 42.7. The van der Waals surface area contributed by atoms with E-state index in [-0.39, 0.29) is 64.5 Å². The normalized spacial score (nSPS) is 14.6. The third kappa shape index (κ3) is 43.1. The molecule has 0 aliphatic rings. The van der Waals surface area contributed by atoms with Crippen molar-refractivity contribution in [1.82, 2.24) is 31.9 Å². The molecular weight excluding hydrogens is 1230 g/mol.